The summed E-state index contributed by atoms with van der Waals surface area (Å²) in [4.78, 5) is 11.4. The van der Waals surface area contributed by atoms with Gasteiger partial charge in [-0.25, -0.2) is 4.79 Å². The molecule has 0 aliphatic rings. The number of halogens is 2. The van der Waals surface area contributed by atoms with Gasteiger partial charge in [-0.05, 0) is 17.7 Å². The molecule has 0 amide bonds. The Morgan fingerprint density at radius 2 is 1.60 bits per heavy atom. The third kappa shape index (κ3) is 4.14. The first-order valence-corrected chi connectivity index (χ1v) is 6.33. The second-order valence-corrected chi connectivity index (χ2v) is 4.74. The number of nitrogens with one attached hydrogen (secondary N) is 1. The summed E-state index contributed by atoms with van der Waals surface area (Å²) in [5, 5.41) is 13.0. The maximum atomic E-state index is 11.4. The van der Waals surface area contributed by atoms with Crippen LogP contribution in [0.4, 0.5) is 5.69 Å². The van der Waals surface area contributed by atoms with Crippen LogP contribution in [0.25, 0.3) is 0 Å². The third-order valence-electron chi connectivity index (χ3n) is 2.63. The molecular weight excluding hydrogens is 308 g/mol. The molecular formula is C14H12Cl2NNaO2. The number of hydrogen-bond donors (Lipinski definition) is 2. The van der Waals surface area contributed by atoms with Crippen molar-refractivity contribution in [3.63, 3.8) is 0 Å². The van der Waals surface area contributed by atoms with Crippen molar-refractivity contribution >= 4 is 34.9 Å². The van der Waals surface area contributed by atoms with Crippen molar-refractivity contribution in [1.82, 2.24) is 0 Å². The minimum absolute atomic E-state index is 0. The van der Waals surface area contributed by atoms with Crippen LogP contribution in [0.15, 0.2) is 48.5 Å². The van der Waals surface area contributed by atoms with E-state index in [-0.39, 0.29) is 31.0 Å². The monoisotopic (exact) mass is 319 g/mol. The van der Waals surface area contributed by atoms with Crippen molar-refractivity contribution in [3.8, 4) is 0 Å². The van der Waals surface area contributed by atoms with E-state index in [0.29, 0.717) is 21.3 Å². The maximum absolute atomic E-state index is 11.4. The summed E-state index contributed by atoms with van der Waals surface area (Å²) >= 11 is 12.1. The fraction of sp³-hybridized carbons (Fsp3) is 0.0714. The molecule has 100 valence electrons. The first-order valence-electron chi connectivity index (χ1n) is 5.58. The van der Waals surface area contributed by atoms with Gasteiger partial charge in [0.05, 0.1) is 15.7 Å². The largest absolute Gasteiger partial charge is 1.00 e. The molecule has 0 fully saturated rings. The average Bonchev–Trinajstić information content (AvgIpc) is 2.39. The predicted molar refractivity (Wildman–Crippen MR) is 78.0 cm³/mol. The normalized spacial score (nSPS) is 11.3. The molecule has 2 rings (SSSR count). The summed E-state index contributed by atoms with van der Waals surface area (Å²) < 4.78 is 0. The number of hydrogen-bond acceptors (Lipinski definition) is 2. The van der Waals surface area contributed by atoms with Crippen LogP contribution < -0.4 is 34.9 Å². The zero-order valence-electron chi connectivity index (χ0n) is 11.8. The molecule has 2 N–H and O–H groups in total. The number of anilines is 1. The molecule has 0 aliphatic carbocycles. The molecule has 0 radical (unpaired) electrons. The molecule has 6 heteroatoms. The van der Waals surface area contributed by atoms with Crippen molar-refractivity contribution in [2.75, 3.05) is 5.32 Å². The summed E-state index contributed by atoms with van der Waals surface area (Å²) in [5.74, 6) is -0.998. The topological polar surface area (TPSA) is 49.3 Å². The minimum Gasteiger partial charge on any atom is -1.00 e. The molecule has 0 aliphatic heterocycles. The number of carboxylic acid groups (broad SMARTS) is 1. The molecule has 0 bridgehead atoms. The van der Waals surface area contributed by atoms with Gasteiger partial charge in [-0.1, -0.05) is 59.6 Å². The van der Waals surface area contributed by atoms with Gasteiger partial charge in [-0.2, -0.15) is 0 Å². The fourth-order valence-corrected chi connectivity index (χ4v) is 2.22. The molecule has 3 nitrogen and oxygen atoms in total. The van der Waals surface area contributed by atoms with Crippen LogP contribution in [-0.4, -0.2) is 11.1 Å². The average molecular weight is 320 g/mol. The van der Waals surface area contributed by atoms with E-state index < -0.39 is 12.0 Å². The first kappa shape index (κ1) is 17.3. The van der Waals surface area contributed by atoms with Crippen LogP contribution in [0.1, 0.15) is 13.0 Å². The molecule has 0 spiro atoms. The maximum Gasteiger partial charge on any atom is 1.00 e. The summed E-state index contributed by atoms with van der Waals surface area (Å²) in [5.41, 5.74) is 1.05. The van der Waals surface area contributed by atoms with Crippen molar-refractivity contribution in [2.45, 2.75) is 6.04 Å². The minimum atomic E-state index is -0.998. The van der Waals surface area contributed by atoms with Gasteiger partial charge in [0.1, 0.15) is 0 Å². The first-order chi connectivity index (χ1) is 9.09. The Morgan fingerprint density at radius 3 is 2.10 bits per heavy atom. The van der Waals surface area contributed by atoms with E-state index in [1.54, 1.807) is 42.5 Å². The second-order valence-electron chi connectivity index (χ2n) is 3.92. The molecule has 0 saturated carbocycles. The number of carboxylic acids is 1. The smallest absolute Gasteiger partial charge is 1.00 e. The van der Waals surface area contributed by atoms with Crippen LogP contribution in [0, 0.1) is 0 Å². The van der Waals surface area contributed by atoms with E-state index in [1.807, 2.05) is 6.07 Å². The van der Waals surface area contributed by atoms with E-state index in [4.69, 9.17) is 23.2 Å². The molecule has 0 saturated heterocycles. The van der Waals surface area contributed by atoms with Crippen molar-refractivity contribution in [2.24, 2.45) is 0 Å². The van der Waals surface area contributed by atoms with Crippen molar-refractivity contribution in [3.05, 3.63) is 64.1 Å². The summed E-state index contributed by atoms with van der Waals surface area (Å²) in [6.07, 6.45) is 0. The Kier molecular flexibility index (Phi) is 6.86. The molecule has 2 aromatic carbocycles. The van der Waals surface area contributed by atoms with E-state index in [2.05, 4.69) is 5.32 Å². The summed E-state index contributed by atoms with van der Waals surface area (Å²) in [6, 6.07) is 13.0. The molecule has 2 aromatic rings. The molecule has 0 heterocycles. The number of aliphatic carboxylic acids is 1. The Hall–Kier alpha value is -0.710. The van der Waals surface area contributed by atoms with Crippen LogP contribution in [-0.2, 0) is 4.79 Å². The van der Waals surface area contributed by atoms with E-state index in [9.17, 15) is 9.90 Å². The van der Waals surface area contributed by atoms with Gasteiger partial charge in [-0.15, -0.1) is 0 Å². The van der Waals surface area contributed by atoms with Gasteiger partial charge in [0.15, 0.2) is 6.04 Å². The zero-order chi connectivity index (χ0) is 13.8. The number of carbonyl (C=O) groups is 1. The SMILES string of the molecule is O=C(O)C(Nc1c(Cl)cccc1Cl)c1ccccc1.[H-].[Na+]. The van der Waals surface area contributed by atoms with E-state index in [0.717, 1.165) is 0 Å². The van der Waals surface area contributed by atoms with E-state index >= 15 is 0 Å². The number of rotatable bonds is 4. The van der Waals surface area contributed by atoms with Gasteiger partial charge in [0.2, 0.25) is 0 Å². The van der Waals surface area contributed by atoms with Crippen molar-refractivity contribution < 1.29 is 40.9 Å². The van der Waals surface area contributed by atoms with Gasteiger partial charge >= 0.3 is 35.5 Å². The van der Waals surface area contributed by atoms with Gasteiger partial charge in [0, 0.05) is 0 Å². The zero-order valence-corrected chi connectivity index (χ0v) is 14.3. The molecule has 20 heavy (non-hydrogen) atoms. The third-order valence-corrected chi connectivity index (χ3v) is 3.26. The Morgan fingerprint density at radius 1 is 1.05 bits per heavy atom. The standard InChI is InChI=1S/C14H11Cl2NO2.Na.H/c15-10-7-4-8-11(16)13(10)17-12(14(18)19)9-5-2-1-3-6-9;;/h1-8,12,17H,(H,18,19);;/q;+1;-1. The fourth-order valence-electron chi connectivity index (χ4n) is 1.71. The Labute approximate surface area is 150 Å². The van der Waals surface area contributed by atoms with Crippen LogP contribution in [0.3, 0.4) is 0 Å². The summed E-state index contributed by atoms with van der Waals surface area (Å²) in [7, 11) is 0. The Bertz CT molecular complexity index is 579. The van der Waals surface area contributed by atoms with Crippen LogP contribution in [0.5, 0.6) is 0 Å². The van der Waals surface area contributed by atoms with Gasteiger partial charge in [-0.3, -0.25) is 0 Å². The van der Waals surface area contributed by atoms with Crippen LogP contribution in [0.2, 0.25) is 10.0 Å². The number of para-hydroxylation sites is 1. The van der Waals surface area contributed by atoms with Crippen molar-refractivity contribution in [1.29, 1.82) is 0 Å². The molecule has 1 atom stereocenters. The molecule has 1 unspecified atom stereocenters. The van der Waals surface area contributed by atoms with Gasteiger partial charge < -0.3 is 11.8 Å². The number of benzene rings is 2. The van der Waals surface area contributed by atoms with Gasteiger partial charge in [0.25, 0.3) is 0 Å². The quantitative estimate of drug-likeness (QED) is 0.836. The second kappa shape index (κ2) is 7.91. The Balaban J connectivity index is 0.00000200. The van der Waals surface area contributed by atoms with E-state index in [1.165, 1.54) is 0 Å². The predicted octanol–water partition coefficient (Wildman–Crippen LogP) is 1.35. The summed E-state index contributed by atoms with van der Waals surface area (Å²) in [6.45, 7) is 0. The van der Waals surface area contributed by atoms with Crippen LogP contribution >= 0.6 is 23.2 Å². The molecule has 0 aromatic heterocycles.